The van der Waals surface area contributed by atoms with E-state index in [2.05, 4.69) is 31.5 Å². The molecule has 0 bridgehead atoms. The van der Waals surface area contributed by atoms with Gasteiger partial charge in [-0.2, -0.15) is 10.2 Å². The summed E-state index contributed by atoms with van der Waals surface area (Å²) in [4.78, 5) is 24.2. The van der Waals surface area contributed by atoms with Crippen molar-refractivity contribution in [2.75, 3.05) is 44.0 Å². The Hall–Kier alpha value is -8.36. The van der Waals surface area contributed by atoms with Crippen LogP contribution in [0.4, 0.5) is 52.5 Å². The number of halogens is 2. The Labute approximate surface area is 378 Å². The SMILES string of the molecule is CN(c1ccc(NC(=O)Nc2ccccc2)cc1)S(=O)(=O)c1cnn(-c2ccc(F)cc2)c1.CN(c1ccc(NC(=O)Nc2ccccc2)cc1)S(=O)(=O)c1cnn(-c2ccc(F)cc2)c1. The molecule has 0 aliphatic rings. The summed E-state index contributed by atoms with van der Waals surface area (Å²) in [6.07, 6.45) is 5.20. The summed E-state index contributed by atoms with van der Waals surface area (Å²) < 4.78 is 83.3. The molecule has 2 aromatic heterocycles. The van der Waals surface area contributed by atoms with Crippen LogP contribution in [0.2, 0.25) is 0 Å². The molecule has 66 heavy (non-hydrogen) atoms. The van der Waals surface area contributed by atoms with Crippen molar-refractivity contribution in [3.63, 3.8) is 0 Å². The summed E-state index contributed by atoms with van der Waals surface area (Å²) in [7, 11) is -4.92. The van der Waals surface area contributed by atoms with E-state index in [0.717, 1.165) is 8.61 Å². The maximum atomic E-state index is 13.1. The zero-order chi connectivity index (χ0) is 46.8. The van der Waals surface area contributed by atoms with Gasteiger partial charge in [0.25, 0.3) is 20.0 Å². The predicted octanol–water partition coefficient (Wildman–Crippen LogP) is 8.96. The molecule has 16 nitrogen and oxygen atoms in total. The lowest BCUT2D eigenvalue weighted by atomic mass is 10.3. The Kier molecular flexibility index (Phi) is 13.8. The fourth-order valence-electron chi connectivity index (χ4n) is 6.08. The maximum absolute atomic E-state index is 13.1. The number of nitrogens with one attached hydrogen (secondary N) is 4. The van der Waals surface area contributed by atoms with Gasteiger partial charge in [0.2, 0.25) is 0 Å². The van der Waals surface area contributed by atoms with E-state index in [0.29, 0.717) is 45.5 Å². The summed E-state index contributed by atoms with van der Waals surface area (Å²) in [5, 5.41) is 18.9. The van der Waals surface area contributed by atoms with Gasteiger partial charge in [-0.3, -0.25) is 8.61 Å². The lowest BCUT2D eigenvalue weighted by Crippen LogP contribution is -2.26. The van der Waals surface area contributed by atoms with Gasteiger partial charge in [-0.25, -0.2) is 44.6 Å². The van der Waals surface area contributed by atoms with Gasteiger partial charge >= 0.3 is 12.1 Å². The molecule has 0 saturated carbocycles. The number of hydrogen-bond acceptors (Lipinski definition) is 8. The van der Waals surface area contributed by atoms with Gasteiger partial charge in [0.1, 0.15) is 21.4 Å². The molecule has 8 aromatic rings. The highest BCUT2D eigenvalue weighted by Crippen LogP contribution is 2.26. The number of aromatic nitrogens is 4. The van der Waals surface area contributed by atoms with Crippen molar-refractivity contribution in [2.45, 2.75) is 9.79 Å². The van der Waals surface area contributed by atoms with Crippen molar-refractivity contribution < 1.29 is 35.2 Å². The first kappa shape index (κ1) is 45.7. The van der Waals surface area contributed by atoms with Crippen LogP contribution in [0, 0.1) is 11.6 Å². The molecule has 8 rings (SSSR count). The molecule has 0 unspecified atom stereocenters. The van der Waals surface area contributed by atoms with Gasteiger partial charge in [-0.15, -0.1) is 0 Å². The number of para-hydroxylation sites is 2. The van der Waals surface area contributed by atoms with E-state index in [9.17, 15) is 35.2 Å². The topological polar surface area (TPSA) is 193 Å². The molecule has 0 aliphatic carbocycles. The van der Waals surface area contributed by atoms with Crippen molar-refractivity contribution in [3.05, 3.63) is 194 Å². The average molecular weight is 931 g/mol. The molecule has 4 N–H and O–H groups in total. The molecule has 0 fully saturated rings. The van der Waals surface area contributed by atoms with Crippen molar-refractivity contribution in [1.82, 2.24) is 19.6 Å². The van der Waals surface area contributed by atoms with E-state index in [1.807, 2.05) is 36.4 Å². The third-order valence-corrected chi connectivity index (χ3v) is 13.1. The standard InChI is InChI=1S/2C23H20FN5O3S/c2*1-28(33(31,32)22-15-25-29(16-22)21-11-7-17(24)8-12-21)20-13-9-19(10-14-20)27-23(30)26-18-5-3-2-4-6-18/h2*2-16H,1H3,(H2,26,27,30). The van der Waals surface area contributed by atoms with Crippen molar-refractivity contribution >= 4 is 66.2 Å². The minimum atomic E-state index is -3.89. The molecule has 4 amide bonds. The summed E-state index contributed by atoms with van der Waals surface area (Å²) in [6, 6.07) is 41.0. The summed E-state index contributed by atoms with van der Waals surface area (Å²) >= 11 is 0. The van der Waals surface area contributed by atoms with Crippen LogP contribution in [0.5, 0.6) is 0 Å². The fraction of sp³-hybridized carbons (Fsp3) is 0.0435. The van der Waals surface area contributed by atoms with E-state index in [4.69, 9.17) is 0 Å². The number of urea groups is 2. The van der Waals surface area contributed by atoms with Gasteiger partial charge in [0.15, 0.2) is 0 Å². The Morgan fingerprint density at radius 3 is 1.08 bits per heavy atom. The molecule has 2 heterocycles. The first-order valence-electron chi connectivity index (χ1n) is 19.7. The normalized spacial score (nSPS) is 11.1. The van der Waals surface area contributed by atoms with Crippen molar-refractivity contribution in [3.8, 4) is 11.4 Å². The zero-order valence-electron chi connectivity index (χ0n) is 35.0. The largest absolute Gasteiger partial charge is 0.323 e. The van der Waals surface area contributed by atoms with Crippen LogP contribution in [-0.4, -0.2) is 62.6 Å². The van der Waals surface area contributed by atoms with Crippen LogP contribution >= 0.6 is 0 Å². The second-order valence-corrected chi connectivity index (χ2v) is 18.1. The minimum Gasteiger partial charge on any atom is -0.308 e. The number of sulfonamides is 2. The number of hydrogen-bond donors (Lipinski definition) is 4. The Morgan fingerprint density at radius 2 is 0.758 bits per heavy atom. The Bertz CT molecular complexity index is 2930. The molecule has 0 atom stereocenters. The monoisotopic (exact) mass is 930 g/mol. The second kappa shape index (κ2) is 20.0. The maximum Gasteiger partial charge on any atom is 0.323 e. The van der Waals surface area contributed by atoms with E-state index in [1.54, 1.807) is 72.8 Å². The molecule has 20 heteroatoms. The highest BCUT2D eigenvalue weighted by molar-refractivity contribution is 7.93. The lowest BCUT2D eigenvalue weighted by molar-refractivity contribution is 0.261. The molecular formula is C46H40F2N10O6S2. The van der Waals surface area contributed by atoms with Crippen molar-refractivity contribution in [1.29, 1.82) is 0 Å². The van der Waals surface area contributed by atoms with Gasteiger partial charge in [0, 0.05) is 36.8 Å². The molecule has 6 aromatic carbocycles. The lowest BCUT2D eigenvalue weighted by Gasteiger charge is -2.19. The first-order valence-corrected chi connectivity index (χ1v) is 22.6. The molecule has 0 aliphatic heterocycles. The first-order chi connectivity index (χ1) is 31.6. The summed E-state index contributed by atoms with van der Waals surface area (Å²) in [5.74, 6) is -0.789. The third-order valence-electron chi connectivity index (χ3n) is 9.66. The van der Waals surface area contributed by atoms with Gasteiger partial charge in [0.05, 0.1) is 47.5 Å². The Morgan fingerprint density at radius 1 is 0.455 bits per heavy atom. The Balaban J connectivity index is 0.000000196. The van der Waals surface area contributed by atoms with Gasteiger partial charge < -0.3 is 21.3 Å². The number of carbonyl (C=O) groups excluding carboxylic acids is 2. The highest BCUT2D eigenvalue weighted by atomic mass is 32.2. The predicted molar refractivity (Wildman–Crippen MR) is 249 cm³/mol. The number of benzene rings is 6. The van der Waals surface area contributed by atoms with Crippen LogP contribution < -0.4 is 29.9 Å². The number of carbonyl (C=O) groups is 2. The summed E-state index contributed by atoms with van der Waals surface area (Å²) in [5.41, 5.74) is 4.17. The highest BCUT2D eigenvalue weighted by Gasteiger charge is 2.25. The molecule has 0 radical (unpaired) electrons. The van der Waals surface area contributed by atoms with E-state index in [-0.39, 0.29) is 9.79 Å². The number of amides is 4. The van der Waals surface area contributed by atoms with Crippen molar-refractivity contribution in [2.24, 2.45) is 0 Å². The quantitative estimate of drug-likeness (QED) is 0.0933. The van der Waals surface area contributed by atoms with E-state index >= 15 is 0 Å². The second-order valence-electron chi connectivity index (χ2n) is 14.1. The van der Waals surface area contributed by atoms with Gasteiger partial charge in [-0.1, -0.05) is 36.4 Å². The molecular weight excluding hydrogens is 891 g/mol. The van der Waals surface area contributed by atoms with Crippen LogP contribution in [0.15, 0.2) is 192 Å². The smallest absolute Gasteiger partial charge is 0.308 e. The average Bonchev–Trinajstić information content (AvgIpc) is 4.03. The van der Waals surface area contributed by atoms with Crippen LogP contribution in [-0.2, 0) is 20.0 Å². The van der Waals surface area contributed by atoms with Crippen LogP contribution in [0.25, 0.3) is 11.4 Å². The molecule has 336 valence electrons. The zero-order valence-corrected chi connectivity index (χ0v) is 36.7. The molecule has 0 spiro atoms. The van der Waals surface area contributed by atoms with E-state index in [1.165, 1.54) is 96.8 Å². The van der Waals surface area contributed by atoms with E-state index < -0.39 is 43.7 Å². The number of anilines is 6. The number of nitrogens with zero attached hydrogens (tertiary/aromatic N) is 6. The minimum absolute atomic E-state index is 0.0150. The van der Waals surface area contributed by atoms with Gasteiger partial charge in [-0.05, 0) is 121 Å². The van der Waals surface area contributed by atoms with Crippen LogP contribution in [0.3, 0.4) is 0 Å². The summed E-state index contributed by atoms with van der Waals surface area (Å²) in [6.45, 7) is 0. The van der Waals surface area contributed by atoms with Crippen LogP contribution in [0.1, 0.15) is 0 Å². The third kappa shape index (κ3) is 11.2. The molecule has 0 saturated heterocycles. The number of rotatable bonds is 12. The fourth-order valence-corrected chi connectivity index (χ4v) is 8.34.